The molecule has 0 atom stereocenters. The summed E-state index contributed by atoms with van der Waals surface area (Å²) in [5, 5.41) is 9.25. The lowest BCUT2D eigenvalue weighted by Crippen LogP contribution is -2.31. The van der Waals surface area contributed by atoms with E-state index >= 15 is 0 Å². The molecule has 1 heterocycles. The molecule has 0 saturated carbocycles. The first kappa shape index (κ1) is 13.2. The van der Waals surface area contributed by atoms with Crippen LogP contribution in [0.2, 0.25) is 0 Å². The van der Waals surface area contributed by atoms with Crippen LogP contribution in [0.15, 0.2) is 18.7 Å². The SMILES string of the molecule is C=CCN(c1cc(C)nc(C)c1C#N)C(C)C. The van der Waals surface area contributed by atoms with Gasteiger partial charge in [0.05, 0.1) is 16.9 Å². The summed E-state index contributed by atoms with van der Waals surface area (Å²) in [6.45, 7) is 12.5. The van der Waals surface area contributed by atoms with Crippen molar-refractivity contribution >= 4 is 5.69 Å². The van der Waals surface area contributed by atoms with Crippen LogP contribution in [-0.2, 0) is 0 Å². The second-order valence-electron chi connectivity index (χ2n) is 4.39. The van der Waals surface area contributed by atoms with Crippen molar-refractivity contribution in [3.05, 3.63) is 35.7 Å². The van der Waals surface area contributed by atoms with Crippen LogP contribution in [0.4, 0.5) is 5.69 Å². The Morgan fingerprint density at radius 1 is 1.53 bits per heavy atom. The molecule has 1 rings (SSSR count). The summed E-state index contributed by atoms with van der Waals surface area (Å²) >= 11 is 0. The van der Waals surface area contributed by atoms with Crippen LogP contribution in [0.3, 0.4) is 0 Å². The van der Waals surface area contributed by atoms with Crippen LogP contribution >= 0.6 is 0 Å². The largest absolute Gasteiger partial charge is 0.364 e. The van der Waals surface area contributed by atoms with E-state index < -0.39 is 0 Å². The van der Waals surface area contributed by atoms with Crippen molar-refractivity contribution in [2.24, 2.45) is 0 Å². The molecule has 0 bridgehead atoms. The van der Waals surface area contributed by atoms with Gasteiger partial charge in [-0.1, -0.05) is 6.08 Å². The molecule has 17 heavy (non-hydrogen) atoms. The number of hydrogen-bond acceptors (Lipinski definition) is 3. The maximum absolute atomic E-state index is 9.25. The van der Waals surface area contributed by atoms with Crippen LogP contribution in [0.5, 0.6) is 0 Å². The number of pyridine rings is 1. The molecule has 3 heteroatoms. The minimum atomic E-state index is 0.321. The first-order chi connectivity index (χ1) is 8.01. The van der Waals surface area contributed by atoms with Gasteiger partial charge >= 0.3 is 0 Å². The van der Waals surface area contributed by atoms with Gasteiger partial charge in [-0.15, -0.1) is 6.58 Å². The smallest absolute Gasteiger partial charge is 0.103 e. The van der Waals surface area contributed by atoms with Crippen LogP contribution in [0.25, 0.3) is 0 Å². The van der Waals surface area contributed by atoms with Crippen molar-refractivity contribution in [2.75, 3.05) is 11.4 Å². The highest BCUT2D eigenvalue weighted by Gasteiger charge is 2.16. The maximum Gasteiger partial charge on any atom is 0.103 e. The molecule has 0 aliphatic rings. The minimum Gasteiger partial charge on any atom is -0.364 e. The zero-order chi connectivity index (χ0) is 13.0. The van der Waals surface area contributed by atoms with E-state index in [2.05, 4.69) is 36.4 Å². The van der Waals surface area contributed by atoms with E-state index in [4.69, 9.17) is 0 Å². The average Bonchev–Trinajstić information content (AvgIpc) is 2.24. The average molecular weight is 229 g/mol. The topological polar surface area (TPSA) is 39.9 Å². The quantitative estimate of drug-likeness (QED) is 0.745. The van der Waals surface area contributed by atoms with Gasteiger partial charge < -0.3 is 4.90 Å². The Bertz CT molecular complexity index is 455. The summed E-state index contributed by atoms with van der Waals surface area (Å²) in [6.07, 6.45) is 1.85. The van der Waals surface area contributed by atoms with E-state index in [0.717, 1.165) is 23.6 Å². The van der Waals surface area contributed by atoms with Crippen molar-refractivity contribution < 1.29 is 0 Å². The van der Waals surface area contributed by atoms with Gasteiger partial charge in [0, 0.05) is 18.3 Å². The standard InChI is InChI=1S/C14H19N3/c1-6-7-17(10(2)3)14-8-11(4)16-12(5)13(14)9-15/h6,8,10H,1,7H2,2-5H3. The third kappa shape index (κ3) is 2.85. The Morgan fingerprint density at radius 3 is 2.65 bits per heavy atom. The van der Waals surface area contributed by atoms with Crippen molar-refractivity contribution in [3.8, 4) is 6.07 Å². The molecule has 0 unspecified atom stereocenters. The van der Waals surface area contributed by atoms with E-state index in [0.29, 0.717) is 11.6 Å². The Kier molecular flexibility index (Phi) is 4.28. The van der Waals surface area contributed by atoms with E-state index in [1.165, 1.54) is 0 Å². The van der Waals surface area contributed by atoms with Gasteiger partial charge in [0.15, 0.2) is 0 Å². The van der Waals surface area contributed by atoms with E-state index in [-0.39, 0.29) is 0 Å². The predicted molar refractivity (Wildman–Crippen MR) is 71.1 cm³/mol. The third-order valence-corrected chi connectivity index (χ3v) is 2.68. The highest BCUT2D eigenvalue weighted by Crippen LogP contribution is 2.24. The number of hydrogen-bond donors (Lipinski definition) is 0. The number of nitrogens with zero attached hydrogens (tertiary/aromatic N) is 3. The van der Waals surface area contributed by atoms with E-state index in [9.17, 15) is 5.26 Å². The van der Waals surface area contributed by atoms with Gasteiger partial charge in [-0.2, -0.15) is 5.26 Å². The number of rotatable bonds is 4. The molecule has 0 aliphatic carbocycles. The predicted octanol–water partition coefficient (Wildman–Crippen LogP) is 2.97. The van der Waals surface area contributed by atoms with Gasteiger partial charge in [0.1, 0.15) is 6.07 Å². The molecule has 0 radical (unpaired) electrons. The summed E-state index contributed by atoms with van der Waals surface area (Å²) in [6, 6.07) is 4.53. The van der Waals surface area contributed by atoms with Gasteiger partial charge in [-0.05, 0) is 33.8 Å². The summed E-state index contributed by atoms with van der Waals surface area (Å²) < 4.78 is 0. The van der Waals surface area contributed by atoms with Gasteiger partial charge in [0.25, 0.3) is 0 Å². The molecular weight excluding hydrogens is 210 g/mol. The van der Waals surface area contributed by atoms with Crippen molar-refractivity contribution in [3.63, 3.8) is 0 Å². The number of aromatic nitrogens is 1. The molecule has 1 aromatic heterocycles. The Hall–Kier alpha value is -1.82. The molecule has 0 saturated heterocycles. The zero-order valence-electron chi connectivity index (χ0n) is 11.0. The number of aryl methyl sites for hydroxylation is 2. The molecule has 0 amide bonds. The molecule has 0 N–H and O–H groups in total. The Labute approximate surface area is 103 Å². The second kappa shape index (κ2) is 5.49. The molecule has 0 aliphatic heterocycles. The molecule has 3 nitrogen and oxygen atoms in total. The molecule has 0 spiro atoms. The maximum atomic E-state index is 9.25. The van der Waals surface area contributed by atoms with Crippen LogP contribution in [0, 0.1) is 25.2 Å². The highest BCUT2D eigenvalue weighted by molar-refractivity contribution is 5.62. The first-order valence-electron chi connectivity index (χ1n) is 5.77. The van der Waals surface area contributed by atoms with Gasteiger partial charge in [-0.3, -0.25) is 4.98 Å². The Morgan fingerprint density at radius 2 is 2.18 bits per heavy atom. The zero-order valence-corrected chi connectivity index (χ0v) is 11.0. The molecule has 90 valence electrons. The summed E-state index contributed by atoms with van der Waals surface area (Å²) in [5.41, 5.74) is 3.34. The molecule has 1 aromatic rings. The fourth-order valence-electron chi connectivity index (χ4n) is 1.90. The van der Waals surface area contributed by atoms with Gasteiger partial charge in [0.2, 0.25) is 0 Å². The van der Waals surface area contributed by atoms with Crippen LogP contribution in [-0.4, -0.2) is 17.6 Å². The van der Waals surface area contributed by atoms with Crippen molar-refractivity contribution in [1.82, 2.24) is 4.98 Å². The molecule has 0 aromatic carbocycles. The van der Waals surface area contributed by atoms with E-state index in [1.54, 1.807) is 0 Å². The summed E-state index contributed by atoms with van der Waals surface area (Å²) in [4.78, 5) is 6.49. The van der Waals surface area contributed by atoms with E-state index in [1.807, 2.05) is 26.0 Å². The lowest BCUT2D eigenvalue weighted by atomic mass is 10.1. The number of anilines is 1. The first-order valence-corrected chi connectivity index (χ1v) is 5.77. The number of nitriles is 1. The third-order valence-electron chi connectivity index (χ3n) is 2.68. The lowest BCUT2D eigenvalue weighted by Gasteiger charge is -2.29. The second-order valence-corrected chi connectivity index (χ2v) is 4.39. The highest BCUT2D eigenvalue weighted by atomic mass is 15.2. The van der Waals surface area contributed by atoms with Gasteiger partial charge in [-0.25, -0.2) is 0 Å². The Balaban J connectivity index is 3.36. The molecular formula is C14H19N3. The van der Waals surface area contributed by atoms with Crippen molar-refractivity contribution in [1.29, 1.82) is 5.26 Å². The minimum absolute atomic E-state index is 0.321. The molecule has 0 fully saturated rings. The lowest BCUT2D eigenvalue weighted by molar-refractivity contribution is 0.720. The monoisotopic (exact) mass is 229 g/mol. The van der Waals surface area contributed by atoms with Crippen molar-refractivity contribution in [2.45, 2.75) is 33.7 Å². The summed E-state index contributed by atoms with van der Waals surface area (Å²) in [7, 11) is 0. The fourth-order valence-corrected chi connectivity index (χ4v) is 1.90. The fraction of sp³-hybridized carbons (Fsp3) is 0.429. The van der Waals surface area contributed by atoms with Crippen LogP contribution < -0.4 is 4.90 Å². The van der Waals surface area contributed by atoms with Crippen LogP contribution in [0.1, 0.15) is 30.8 Å². The summed E-state index contributed by atoms with van der Waals surface area (Å²) in [5.74, 6) is 0. The normalized spacial score (nSPS) is 10.1.